The molecular formula is C23H28N4O4. The van der Waals surface area contributed by atoms with Crippen molar-refractivity contribution in [1.29, 1.82) is 0 Å². The highest BCUT2D eigenvalue weighted by Crippen LogP contribution is 2.40. The number of nitrogens with zero attached hydrogens (tertiary/aromatic N) is 1. The molecule has 0 radical (unpaired) electrons. The highest BCUT2D eigenvalue weighted by atomic mass is 16.5. The molecule has 1 unspecified atom stereocenters. The Kier molecular flexibility index (Phi) is 6.27. The van der Waals surface area contributed by atoms with Crippen molar-refractivity contribution in [2.45, 2.75) is 19.8 Å². The van der Waals surface area contributed by atoms with E-state index in [1.165, 1.54) is 0 Å². The summed E-state index contributed by atoms with van der Waals surface area (Å²) in [7, 11) is 3.31. The van der Waals surface area contributed by atoms with Gasteiger partial charge in [0, 0.05) is 44.0 Å². The Hall–Kier alpha value is -3.26. The zero-order chi connectivity index (χ0) is 21.8. The summed E-state index contributed by atoms with van der Waals surface area (Å²) >= 11 is 0. The van der Waals surface area contributed by atoms with Gasteiger partial charge in [0.25, 0.3) is 5.91 Å². The summed E-state index contributed by atoms with van der Waals surface area (Å²) < 4.78 is 16.6. The topological polar surface area (TPSA) is 97.5 Å². The van der Waals surface area contributed by atoms with Gasteiger partial charge in [0.05, 0.1) is 42.6 Å². The van der Waals surface area contributed by atoms with E-state index >= 15 is 0 Å². The zero-order valence-corrected chi connectivity index (χ0v) is 18.1. The number of hydrogen-bond acceptors (Lipinski definition) is 6. The van der Waals surface area contributed by atoms with E-state index < -0.39 is 0 Å². The standard InChI is InChI=1S/C23H28N4O4/c1-14-4-5-16(18(12-14)30-3)26-22-20-17(7-9-25-23(20)28)27-21(22)15-6-8-24-13-19(15)31-11-10-29-2/h4-6,8,13-14,26-27H,7,9-12H2,1-3H3,(H,25,28). The van der Waals surface area contributed by atoms with Crippen molar-refractivity contribution in [2.24, 2.45) is 5.92 Å². The summed E-state index contributed by atoms with van der Waals surface area (Å²) in [6.07, 6.45) is 9.06. The second kappa shape index (κ2) is 9.26. The minimum Gasteiger partial charge on any atom is -0.499 e. The third kappa shape index (κ3) is 4.29. The Bertz CT molecular complexity index is 1020. The summed E-state index contributed by atoms with van der Waals surface area (Å²) in [6.45, 7) is 3.61. The molecule has 0 bridgehead atoms. The number of methoxy groups -OCH3 is 2. The third-order valence-electron chi connectivity index (χ3n) is 5.47. The van der Waals surface area contributed by atoms with Crippen molar-refractivity contribution in [3.63, 3.8) is 0 Å². The lowest BCUT2D eigenvalue weighted by atomic mass is 9.99. The van der Waals surface area contributed by atoms with Crippen LogP contribution in [0.25, 0.3) is 11.3 Å². The van der Waals surface area contributed by atoms with E-state index in [1.54, 1.807) is 26.6 Å². The Morgan fingerprint density at radius 2 is 2.16 bits per heavy atom. The van der Waals surface area contributed by atoms with E-state index in [0.717, 1.165) is 41.2 Å². The van der Waals surface area contributed by atoms with Gasteiger partial charge in [0.2, 0.25) is 0 Å². The van der Waals surface area contributed by atoms with Crippen molar-refractivity contribution < 1.29 is 19.0 Å². The van der Waals surface area contributed by atoms with Crippen LogP contribution in [-0.4, -0.2) is 49.9 Å². The maximum Gasteiger partial charge on any atom is 0.255 e. The predicted molar refractivity (Wildman–Crippen MR) is 118 cm³/mol. The van der Waals surface area contributed by atoms with Gasteiger partial charge in [-0.15, -0.1) is 0 Å². The maximum atomic E-state index is 12.8. The largest absolute Gasteiger partial charge is 0.499 e. The van der Waals surface area contributed by atoms with Crippen LogP contribution < -0.4 is 15.4 Å². The Labute approximate surface area is 181 Å². The van der Waals surface area contributed by atoms with Gasteiger partial charge >= 0.3 is 0 Å². The summed E-state index contributed by atoms with van der Waals surface area (Å²) in [6, 6.07) is 1.88. The van der Waals surface area contributed by atoms with E-state index in [4.69, 9.17) is 14.2 Å². The van der Waals surface area contributed by atoms with Gasteiger partial charge in [-0.3, -0.25) is 9.78 Å². The lowest BCUT2D eigenvalue weighted by Crippen LogP contribution is -2.31. The summed E-state index contributed by atoms with van der Waals surface area (Å²) in [4.78, 5) is 20.5. The molecule has 2 aliphatic rings. The highest BCUT2D eigenvalue weighted by molar-refractivity contribution is 6.06. The monoisotopic (exact) mass is 424 g/mol. The van der Waals surface area contributed by atoms with E-state index in [9.17, 15) is 4.79 Å². The number of rotatable bonds is 8. The Morgan fingerprint density at radius 1 is 1.29 bits per heavy atom. The van der Waals surface area contributed by atoms with Gasteiger partial charge in [-0.05, 0) is 18.1 Å². The van der Waals surface area contributed by atoms with E-state index in [0.29, 0.717) is 42.7 Å². The number of anilines is 1. The second-order valence-electron chi connectivity index (χ2n) is 7.65. The summed E-state index contributed by atoms with van der Waals surface area (Å²) in [5.41, 5.74) is 4.68. The first-order valence-electron chi connectivity index (χ1n) is 10.4. The molecule has 164 valence electrons. The molecule has 3 N–H and O–H groups in total. The Balaban J connectivity index is 1.80. The van der Waals surface area contributed by atoms with Gasteiger partial charge in [-0.2, -0.15) is 0 Å². The summed E-state index contributed by atoms with van der Waals surface area (Å²) in [5.74, 6) is 1.77. The molecule has 0 saturated carbocycles. The normalized spacial score (nSPS) is 17.9. The van der Waals surface area contributed by atoms with E-state index in [-0.39, 0.29) is 5.91 Å². The number of fused-ring (bicyclic) bond motifs is 1. The SMILES string of the molecule is COCCOc1cnccc1-c1[nH]c2c(c1NC1=C(OC)CC(C)C=C1)C(=O)NCC2. The van der Waals surface area contributed by atoms with Crippen LogP contribution in [-0.2, 0) is 15.9 Å². The number of aromatic nitrogens is 2. The van der Waals surface area contributed by atoms with Crippen LogP contribution in [0, 0.1) is 5.92 Å². The molecule has 3 heterocycles. The van der Waals surface area contributed by atoms with Crippen LogP contribution in [0.2, 0.25) is 0 Å². The number of allylic oxidation sites excluding steroid dienone is 3. The first kappa shape index (κ1) is 21.0. The number of ether oxygens (including phenoxy) is 3. The molecule has 8 heteroatoms. The van der Waals surface area contributed by atoms with Crippen LogP contribution in [0.4, 0.5) is 5.69 Å². The molecule has 31 heavy (non-hydrogen) atoms. The van der Waals surface area contributed by atoms with Gasteiger partial charge < -0.3 is 29.8 Å². The molecule has 0 aromatic carbocycles. The van der Waals surface area contributed by atoms with Crippen molar-refractivity contribution in [1.82, 2.24) is 15.3 Å². The fourth-order valence-electron chi connectivity index (χ4n) is 3.91. The maximum absolute atomic E-state index is 12.8. The van der Waals surface area contributed by atoms with Crippen molar-refractivity contribution in [3.8, 4) is 17.0 Å². The minimum absolute atomic E-state index is 0.102. The molecule has 2 aromatic rings. The average molecular weight is 425 g/mol. The van der Waals surface area contributed by atoms with E-state index in [2.05, 4.69) is 33.6 Å². The molecule has 1 aliphatic carbocycles. The molecule has 0 saturated heterocycles. The molecule has 1 amide bonds. The number of nitrogens with one attached hydrogen (secondary N) is 3. The van der Waals surface area contributed by atoms with Crippen molar-refractivity contribution in [3.05, 3.63) is 53.3 Å². The lowest BCUT2D eigenvalue weighted by Gasteiger charge is -2.21. The lowest BCUT2D eigenvalue weighted by molar-refractivity contribution is 0.0947. The Morgan fingerprint density at radius 3 is 2.97 bits per heavy atom. The first-order valence-corrected chi connectivity index (χ1v) is 10.4. The number of amides is 1. The van der Waals surface area contributed by atoms with Crippen molar-refractivity contribution >= 4 is 11.6 Å². The molecule has 1 atom stereocenters. The number of H-pyrrole nitrogens is 1. The molecule has 2 aromatic heterocycles. The molecule has 1 aliphatic heterocycles. The van der Waals surface area contributed by atoms with Gasteiger partial charge in [-0.1, -0.05) is 13.0 Å². The van der Waals surface area contributed by atoms with Gasteiger partial charge in [0.1, 0.15) is 18.1 Å². The molecular weight excluding hydrogens is 396 g/mol. The molecule has 0 fully saturated rings. The van der Waals surface area contributed by atoms with Crippen LogP contribution in [0.5, 0.6) is 5.75 Å². The highest BCUT2D eigenvalue weighted by Gasteiger charge is 2.29. The minimum atomic E-state index is -0.102. The smallest absolute Gasteiger partial charge is 0.255 e. The van der Waals surface area contributed by atoms with Gasteiger partial charge in [-0.25, -0.2) is 0 Å². The van der Waals surface area contributed by atoms with Crippen LogP contribution >= 0.6 is 0 Å². The number of hydrogen-bond donors (Lipinski definition) is 3. The fourth-order valence-corrected chi connectivity index (χ4v) is 3.91. The molecule has 0 spiro atoms. The molecule has 4 rings (SSSR count). The first-order chi connectivity index (χ1) is 15.1. The quantitative estimate of drug-likeness (QED) is 0.563. The number of aromatic amines is 1. The average Bonchev–Trinajstić information content (AvgIpc) is 3.15. The number of carbonyl (C=O) groups is 1. The van der Waals surface area contributed by atoms with E-state index in [1.807, 2.05) is 12.1 Å². The number of carbonyl (C=O) groups excluding carboxylic acids is 1. The second-order valence-corrected chi connectivity index (χ2v) is 7.65. The molecule has 8 nitrogen and oxygen atoms in total. The van der Waals surface area contributed by atoms with Crippen molar-refractivity contribution in [2.75, 3.05) is 39.3 Å². The van der Waals surface area contributed by atoms with Crippen LogP contribution in [0.3, 0.4) is 0 Å². The number of pyridine rings is 1. The third-order valence-corrected chi connectivity index (χ3v) is 5.47. The van der Waals surface area contributed by atoms with Crippen LogP contribution in [0.15, 0.2) is 42.1 Å². The van der Waals surface area contributed by atoms with Crippen LogP contribution in [0.1, 0.15) is 29.4 Å². The fraction of sp³-hybridized carbons (Fsp3) is 0.391. The van der Waals surface area contributed by atoms with Gasteiger partial charge in [0.15, 0.2) is 0 Å². The summed E-state index contributed by atoms with van der Waals surface area (Å²) in [5, 5.41) is 6.42. The zero-order valence-electron chi connectivity index (χ0n) is 18.1. The predicted octanol–water partition coefficient (Wildman–Crippen LogP) is 3.25.